The molecule has 2 aliphatic heterocycles. The van der Waals surface area contributed by atoms with Crippen LogP contribution >= 0.6 is 22.6 Å². The van der Waals surface area contributed by atoms with Crippen molar-refractivity contribution in [2.75, 3.05) is 18.4 Å². The van der Waals surface area contributed by atoms with Crippen molar-refractivity contribution in [2.24, 2.45) is 4.99 Å². The van der Waals surface area contributed by atoms with Gasteiger partial charge in [0, 0.05) is 34.3 Å². The van der Waals surface area contributed by atoms with Crippen LogP contribution in [0.15, 0.2) is 53.7 Å². The quantitative estimate of drug-likeness (QED) is 0.643. The van der Waals surface area contributed by atoms with Gasteiger partial charge < -0.3 is 5.32 Å². The van der Waals surface area contributed by atoms with Crippen LogP contribution in [0.1, 0.15) is 36.5 Å². The molecule has 4 heteroatoms. The Morgan fingerprint density at radius 2 is 2.08 bits per heavy atom. The van der Waals surface area contributed by atoms with Crippen LogP contribution in [0.25, 0.3) is 5.57 Å². The average Bonchev–Trinajstić information content (AvgIpc) is 3.06. The van der Waals surface area contributed by atoms with Gasteiger partial charge in [0.1, 0.15) is 0 Å². The first kappa shape index (κ1) is 17.7. The third kappa shape index (κ3) is 4.01. The van der Waals surface area contributed by atoms with E-state index in [9.17, 15) is 0 Å². The van der Waals surface area contributed by atoms with Gasteiger partial charge in [0.05, 0.1) is 6.54 Å². The summed E-state index contributed by atoms with van der Waals surface area (Å²) in [6, 6.07) is 16.0. The number of halogens is 1. The van der Waals surface area contributed by atoms with Crippen molar-refractivity contribution in [3.8, 4) is 0 Å². The van der Waals surface area contributed by atoms with Gasteiger partial charge in [-0.1, -0.05) is 18.2 Å². The van der Waals surface area contributed by atoms with Gasteiger partial charge in [-0.2, -0.15) is 0 Å². The maximum Gasteiger partial charge on any atom is 0.0660 e. The summed E-state index contributed by atoms with van der Waals surface area (Å²) < 4.78 is 1.25. The number of nitrogens with zero attached hydrogens (tertiary/aromatic N) is 2. The first-order valence-electron chi connectivity index (χ1n) is 9.27. The summed E-state index contributed by atoms with van der Waals surface area (Å²) in [6.07, 6.45) is 6.73. The molecule has 0 saturated carbocycles. The second-order valence-electron chi connectivity index (χ2n) is 7.17. The summed E-state index contributed by atoms with van der Waals surface area (Å²) in [5, 5.41) is 3.45. The van der Waals surface area contributed by atoms with Crippen molar-refractivity contribution < 1.29 is 0 Å². The first-order chi connectivity index (χ1) is 12.7. The first-order valence-corrected chi connectivity index (χ1v) is 10.4. The van der Waals surface area contributed by atoms with Gasteiger partial charge in [0.2, 0.25) is 0 Å². The fourth-order valence-electron chi connectivity index (χ4n) is 3.71. The Morgan fingerprint density at radius 3 is 2.85 bits per heavy atom. The van der Waals surface area contributed by atoms with Crippen molar-refractivity contribution >= 4 is 40.1 Å². The Bertz CT molecular complexity index is 839. The normalized spacial score (nSPS) is 21.2. The topological polar surface area (TPSA) is 27.6 Å². The minimum Gasteiger partial charge on any atom is -0.361 e. The summed E-state index contributed by atoms with van der Waals surface area (Å²) >= 11 is 2.36. The summed E-state index contributed by atoms with van der Waals surface area (Å²) in [4.78, 5) is 7.05. The van der Waals surface area contributed by atoms with E-state index in [1.54, 1.807) is 0 Å². The Hall–Kier alpha value is -1.66. The molecule has 26 heavy (non-hydrogen) atoms. The Labute approximate surface area is 169 Å². The monoisotopic (exact) mass is 457 g/mol. The second kappa shape index (κ2) is 7.92. The second-order valence-corrected chi connectivity index (χ2v) is 8.42. The van der Waals surface area contributed by atoms with Crippen molar-refractivity contribution in [3.05, 3.63) is 68.9 Å². The van der Waals surface area contributed by atoms with E-state index in [0.717, 1.165) is 18.8 Å². The molecule has 1 fully saturated rings. The van der Waals surface area contributed by atoms with Crippen molar-refractivity contribution in [1.29, 1.82) is 0 Å². The summed E-state index contributed by atoms with van der Waals surface area (Å²) in [5.74, 6) is 0. The lowest BCUT2D eigenvalue weighted by Crippen LogP contribution is -2.26. The highest BCUT2D eigenvalue weighted by atomic mass is 127. The van der Waals surface area contributed by atoms with Crippen LogP contribution in [0.4, 0.5) is 5.69 Å². The Balaban J connectivity index is 1.44. The van der Waals surface area contributed by atoms with Gasteiger partial charge in [0.25, 0.3) is 0 Å². The number of anilines is 1. The molecule has 1 saturated heterocycles. The van der Waals surface area contributed by atoms with E-state index in [0.29, 0.717) is 6.04 Å². The Kier molecular flexibility index (Phi) is 5.41. The van der Waals surface area contributed by atoms with Gasteiger partial charge in [-0.05, 0) is 95.4 Å². The predicted molar refractivity (Wildman–Crippen MR) is 119 cm³/mol. The number of aliphatic imine (C=N–C) groups is 1. The van der Waals surface area contributed by atoms with E-state index in [2.05, 4.69) is 93.4 Å². The van der Waals surface area contributed by atoms with Crippen molar-refractivity contribution in [1.82, 2.24) is 4.90 Å². The van der Waals surface area contributed by atoms with Gasteiger partial charge in [-0.15, -0.1) is 0 Å². The van der Waals surface area contributed by atoms with Crippen LogP contribution in [0, 0.1) is 3.57 Å². The molecule has 3 nitrogen and oxygen atoms in total. The molecule has 0 aromatic heterocycles. The van der Waals surface area contributed by atoms with E-state index in [-0.39, 0.29) is 0 Å². The maximum atomic E-state index is 4.48. The molecular formula is C22H24IN3. The molecule has 0 radical (unpaired) electrons. The van der Waals surface area contributed by atoms with E-state index >= 15 is 0 Å². The number of nitrogens with one attached hydrogen (secondary N) is 1. The molecule has 1 atom stereocenters. The van der Waals surface area contributed by atoms with Crippen LogP contribution < -0.4 is 5.32 Å². The SMILES string of the molecule is CC1CCCN1Cc1ccc(N/C=C2\CN=Cc3ccc(I)cc32)cc1. The van der Waals surface area contributed by atoms with E-state index < -0.39 is 0 Å². The number of rotatable bonds is 4. The average molecular weight is 457 g/mol. The smallest absolute Gasteiger partial charge is 0.0660 e. The number of likely N-dealkylation sites (tertiary alicyclic amines) is 1. The van der Waals surface area contributed by atoms with Gasteiger partial charge in [-0.3, -0.25) is 9.89 Å². The van der Waals surface area contributed by atoms with Crippen LogP contribution in [-0.4, -0.2) is 30.2 Å². The standard InChI is InChI=1S/C22H24IN3/c1-16-3-2-10-26(16)15-17-4-8-21(9-5-17)25-14-19-13-24-12-18-6-7-20(23)11-22(18)19/h4-9,11-12,14,16,25H,2-3,10,13,15H2,1H3/b19-14+. The highest BCUT2D eigenvalue weighted by molar-refractivity contribution is 14.1. The molecule has 2 aromatic carbocycles. The predicted octanol–water partition coefficient (Wildman–Crippen LogP) is 5.16. The van der Waals surface area contributed by atoms with E-state index in [1.165, 1.54) is 45.2 Å². The highest BCUT2D eigenvalue weighted by Crippen LogP contribution is 2.25. The molecule has 0 bridgehead atoms. The molecule has 1 N–H and O–H groups in total. The number of hydrogen-bond donors (Lipinski definition) is 1. The van der Waals surface area contributed by atoms with Gasteiger partial charge >= 0.3 is 0 Å². The molecule has 4 rings (SSSR count). The third-order valence-electron chi connectivity index (χ3n) is 5.30. The molecule has 2 heterocycles. The van der Waals surface area contributed by atoms with Gasteiger partial charge in [0.15, 0.2) is 0 Å². The minimum absolute atomic E-state index is 0.715. The highest BCUT2D eigenvalue weighted by Gasteiger charge is 2.19. The lowest BCUT2D eigenvalue weighted by atomic mass is 9.99. The molecule has 134 valence electrons. The number of fused-ring (bicyclic) bond motifs is 1. The zero-order chi connectivity index (χ0) is 17.9. The summed E-state index contributed by atoms with van der Waals surface area (Å²) in [6.45, 7) is 5.35. The summed E-state index contributed by atoms with van der Waals surface area (Å²) in [5.41, 5.74) is 6.21. The fraction of sp³-hybridized carbons (Fsp3) is 0.318. The molecule has 2 aromatic rings. The molecule has 0 spiro atoms. The Morgan fingerprint density at radius 1 is 1.23 bits per heavy atom. The largest absolute Gasteiger partial charge is 0.361 e. The molecule has 2 aliphatic rings. The maximum absolute atomic E-state index is 4.48. The summed E-state index contributed by atoms with van der Waals surface area (Å²) in [7, 11) is 0. The van der Waals surface area contributed by atoms with Crippen LogP contribution in [0.5, 0.6) is 0 Å². The third-order valence-corrected chi connectivity index (χ3v) is 5.97. The fourth-order valence-corrected chi connectivity index (χ4v) is 4.20. The van der Waals surface area contributed by atoms with Crippen molar-refractivity contribution in [3.63, 3.8) is 0 Å². The molecule has 1 unspecified atom stereocenters. The molecule has 0 amide bonds. The van der Waals surface area contributed by atoms with E-state index in [4.69, 9.17) is 0 Å². The molecule has 0 aliphatic carbocycles. The van der Waals surface area contributed by atoms with Crippen molar-refractivity contribution in [2.45, 2.75) is 32.4 Å². The number of benzene rings is 2. The lowest BCUT2D eigenvalue weighted by molar-refractivity contribution is 0.260. The van der Waals surface area contributed by atoms with Crippen LogP contribution in [0.3, 0.4) is 0 Å². The van der Waals surface area contributed by atoms with E-state index in [1.807, 2.05) is 6.21 Å². The number of hydrogen-bond acceptors (Lipinski definition) is 3. The van der Waals surface area contributed by atoms with Gasteiger partial charge in [-0.25, -0.2) is 0 Å². The zero-order valence-electron chi connectivity index (χ0n) is 15.1. The minimum atomic E-state index is 0.715. The molecular weight excluding hydrogens is 433 g/mol. The zero-order valence-corrected chi connectivity index (χ0v) is 17.2. The van der Waals surface area contributed by atoms with Crippen LogP contribution in [0.2, 0.25) is 0 Å². The lowest BCUT2D eigenvalue weighted by Gasteiger charge is -2.21. The van der Waals surface area contributed by atoms with Crippen LogP contribution in [-0.2, 0) is 6.54 Å².